The van der Waals surface area contributed by atoms with E-state index in [0.717, 1.165) is 24.3 Å². The van der Waals surface area contributed by atoms with Gasteiger partial charge in [0.15, 0.2) is 23.4 Å². The molecule has 2 aliphatic heterocycles. The molecule has 9 N–H and O–H groups in total. The van der Waals surface area contributed by atoms with E-state index in [1.807, 2.05) is 0 Å². The van der Waals surface area contributed by atoms with Crippen LogP contribution in [0.4, 0.5) is 5.69 Å². The molecule has 2 heterocycles. The summed E-state index contributed by atoms with van der Waals surface area (Å²) in [5, 5.41) is 0. The summed E-state index contributed by atoms with van der Waals surface area (Å²) in [7, 11) is -41.5. The van der Waals surface area contributed by atoms with Gasteiger partial charge < -0.3 is 19.9 Å². The third-order valence-corrected chi connectivity index (χ3v) is 10.6. The second-order valence-corrected chi connectivity index (χ2v) is 19.0. The van der Waals surface area contributed by atoms with Gasteiger partial charge >= 0.3 is 72.8 Å². The van der Waals surface area contributed by atoms with E-state index in [4.69, 9.17) is 24.5 Å². The highest BCUT2D eigenvalue weighted by molar-refractivity contribution is 7.82. The maximum absolute atomic E-state index is 12.2. The molecule has 0 aromatic heterocycles. The van der Waals surface area contributed by atoms with Crippen LogP contribution in [0.3, 0.4) is 0 Å². The van der Waals surface area contributed by atoms with Gasteiger partial charge in [0.05, 0.1) is 13.2 Å². The first-order valence-corrected chi connectivity index (χ1v) is 23.9. The van der Waals surface area contributed by atoms with Crippen LogP contribution in [0.5, 0.6) is 0 Å². The van der Waals surface area contributed by atoms with Gasteiger partial charge in [-0.05, 0) is 17.7 Å². The maximum Gasteiger partial charge on any atom is 0.397 e. The Kier molecular flexibility index (Phi) is 15.7. The van der Waals surface area contributed by atoms with E-state index in [0.29, 0.717) is 0 Å². The molecule has 0 amide bonds. The summed E-state index contributed by atoms with van der Waals surface area (Å²) in [6.45, 7) is -3.56. The summed E-state index contributed by atoms with van der Waals surface area (Å²) in [5.74, 6) is 0. The van der Waals surface area contributed by atoms with Gasteiger partial charge in [0.25, 0.3) is 0 Å². The van der Waals surface area contributed by atoms with Crippen LogP contribution in [0.25, 0.3) is 0 Å². The molecule has 1 aromatic carbocycles. The quantitative estimate of drug-likeness (QED) is 0.0358. The Hall–Kier alpha value is -1.66. The molecule has 0 unspecified atom stereocenters. The molecular weight excluding hydrogens is 983 g/mol. The average molecular weight is 1010 g/mol. The summed E-state index contributed by atoms with van der Waals surface area (Å²) in [6, 6.07) is 3.99. The highest BCUT2D eigenvalue weighted by Crippen LogP contribution is 2.47. The molecule has 0 radical (unpaired) electrons. The molecule has 0 bridgehead atoms. The van der Waals surface area contributed by atoms with Gasteiger partial charge in [-0.25, -0.2) is 29.3 Å². The van der Waals surface area contributed by atoms with E-state index in [-0.39, 0.29) is 5.69 Å². The molecule has 338 valence electrons. The predicted molar refractivity (Wildman–Crippen MR) is 177 cm³/mol. The number of anilines is 1. The van der Waals surface area contributed by atoms with Crippen LogP contribution in [-0.2, 0) is 121 Å². The van der Waals surface area contributed by atoms with Crippen LogP contribution in [0.1, 0.15) is 5.56 Å². The molecule has 0 aliphatic carbocycles. The smallest absolute Gasteiger partial charge is 0.397 e. The fourth-order valence-corrected chi connectivity index (χ4v) is 8.71. The van der Waals surface area contributed by atoms with Crippen molar-refractivity contribution in [3.63, 3.8) is 0 Å². The van der Waals surface area contributed by atoms with Crippen molar-refractivity contribution in [1.29, 1.82) is 0 Å². The monoisotopic (exact) mass is 1010 g/mol. The number of thiol groups is 1. The van der Waals surface area contributed by atoms with Crippen molar-refractivity contribution in [3.05, 3.63) is 29.8 Å². The van der Waals surface area contributed by atoms with Crippen molar-refractivity contribution in [3.8, 4) is 0 Å². The topological polar surface area (TPSA) is 499 Å². The molecule has 0 spiro atoms. The van der Waals surface area contributed by atoms with Crippen LogP contribution in [0.2, 0.25) is 0 Å². The largest absolute Gasteiger partial charge is 0.399 e. The summed E-state index contributed by atoms with van der Waals surface area (Å²) in [6.07, 6.45) is -27.2. The number of ether oxygens (including phenoxy) is 3. The van der Waals surface area contributed by atoms with Gasteiger partial charge in [-0.2, -0.15) is 58.9 Å². The van der Waals surface area contributed by atoms with Crippen LogP contribution >= 0.6 is 12.6 Å². The highest BCUT2D eigenvalue weighted by atomic mass is 32.3. The van der Waals surface area contributed by atoms with Gasteiger partial charge in [-0.3, -0.25) is 31.9 Å². The van der Waals surface area contributed by atoms with Crippen LogP contribution in [0.15, 0.2) is 24.3 Å². The number of hydrogen-bond acceptors (Lipinski definition) is 26. The zero-order valence-corrected chi connectivity index (χ0v) is 33.8. The normalized spacial score (nSPS) is 30.9. The fraction of sp³-hybridized carbons (Fsp3) is 0.667. The number of rotatable bonds is 19. The second kappa shape index (κ2) is 18.0. The summed E-state index contributed by atoms with van der Waals surface area (Å²) >= 11 is 4.16. The Bertz CT molecular complexity index is 2420. The lowest BCUT2D eigenvalue weighted by molar-refractivity contribution is -0.333. The Morgan fingerprint density at radius 3 is 1.36 bits per heavy atom. The summed E-state index contributed by atoms with van der Waals surface area (Å²) in [4.78, 5) is -2.96. The van der Waals surface area contributed by atoms with Gasteiger partial charge in [0.1, 0.15) is 36.6 Å². The standard InChI is InChI=1S/C18H27NO31S8/c19-8-3-1-7(2-4-8)18(51)16(50-58(38,39)40)14(48-56(32,33)34)11(10(45-18)6-42-53(23,24)25)44-17-15(49-57(35,36)37)13(47-55(29,30)31)12(46-54(26,27)28)9(43-17)5-41-52(20,21)22/h1-4,9-17,51H,5-6,19H2,(H,20,21,22)(H,23,24,25)(H,26,27,28)(H,29,30,31)(H,32,33,34)(H,35,36,37)(H,38,39,40)/t9-,10-,11-,12-,13+,14+,15-,16-,17-,18+/m1/s1. The number of nitrogens with two attached hydrogens (primary N) is 1. The third kappa shape index (κ3) is 16.0. The van der Waals surface area contributed by atoms with E-state index in [1.54, 1.807) is 0 Å². The first kappa shape index (κ1) is 50.7. The van der Waals surface area contributed by atoms with Crippen molar-refractivity contribution < 1.29 is 134 Å². The first-order valence-electron chi connectivity index (χ1n) is 13.9. The van der Waals surface area contributed by atoms with Gasteiger partial charge in [-0.1, -0.05) is 12.1 Å². The first-order chi connectivity index (χ1) is 25.8. The molecule has 58 heavy (non-hydrogen) atoms. The SMILES string of the molecule is Nc1ccc([C@@]2(S)O[C@H](COS(=O)(=O)O)[C@@H](O[C@H]3O[C@H](COS(=O)(=O)O)[C@@H](OS(=O)(=O)O)[C@H](OS(=O)(=O)O)[C@H]3OS(=O)(=O)O)[C@H](OS(=O)(=O)O)[C@H]2OS(=O)(=O)O)cc1. The summed E-state index contributed by atoms with van der Waals surface area (Å²) in [5.41, 5.74) is 5.12. The van der Waals surface area contributed by atoms with Crippen molar-refractivity contribution in [2.45, 2.75) is 60.1 Å². The van der Waals surface area contributed by atoms with Crippen molar-refractivity contribution in [2.75, 3.05) is 18.9 Å². The molecule has 2 saturated heterocycles. The van der Waals surface area contributed by atoms with Gasteiger partial charge in [0, 0.05) is 5.69 Å². The van der Waals surface area contributed by atoms with E-state index in [9.17, 15) is 86.2 Å². The lowest BCUT2D eigenvalue weighted by atomic mass is 9.90. The van der Waals surface area contributed by atoms with Crippen LogP contribution < -0.4 is 5.73 Å². The van der Waals surface area contributed by atoms with Gasteiger partial charge in [0.2, 0.25) is 0 Å². The minimum absolute atomic E-state index is 0.0354. The lowest BCUT2D eigenvalue weighted by Crippen LogP contribution is -2.68. The molecule has 32 nitrogen and oxygen atoms in total. The molecule has 2 aliphatic rings. The van der Waals surface area contributed by atoms with E-state index in [1.165, 1.54) is 0 Å². The third-order valence-electron chi connectivity index (χ3n) is 6.83. The molecular formula is C18H27NO31S8. The van der Waals surface area contributed by atoms with Crippen molar-refractivity contribution >= 4 is 91.1 Å². The second-order valence-electron chi connectivity index (χ2n) is 10.9. The van der Waals surface area contributed by atoms with Crippen LogP contribution in [0, 0.1) is 0 Å². The number of nitrogen functional groups attached to an aromatic ring is 1. The number of hydrogen-bond donors (Lipinski definition) is 9. The van der Waals surface area contributed by atoms with Crippen LogP contribution in [-0.4, -0.2) is 159 Å². The van der Waals surface area contributed by atoms with Crippen molar-refractivity contribution in [2.24, 2.45) is 0 Å². The summed E-state index contributed by atoms with van der Waals surface area (Å²) < 4.78 is 278. The molecule has 0 saturated carbocycles. The Morgan fingerprint density at radius 1 is 0.534 bits per heavy atom. The van der Waals surface area contributed by atoms with Gasteiger partial charge in [-0.15, -0.1) is 12.6 Å². The highest BCUT2D eigenvalue weighted by Gasteiger charge is 2.62. The molecule has 1 aromatic rings. The molecule has 3 rings (SSSR count). The van der Waals surface area contributed by atoms with Crippen molar-refractivity contribution in [1.82, 2.24) is 0 Å². The zero-order valence-electron chi connectivity index (χ0n) is 27.2. The Morgan fingerprint density at radius 2 is 0.931 bits per heavy atom. The average Bonchev–Trinajstić information content (AvgIpc) is 2.98. The minimum Gasteiger partial charge on any atom is -0.399 e. The fourth-order valence-electron chi connectivity index (χ4n) is 5.05. The predicted octanol–water partition coefficient (Wildman–Crippen LogP) is -4.56. The Labute approximate surface area is 332 Å². The molecule has 10 atom stereocenters. The Balaban J connectivity index is 2.43. The van der Waals surface area contributed by atoms with E-state index < -0.39 is 152 Å². The molecule has 40 heteroatoms. The zero-order chi connectivity index (χ0) is 44.7. The number of benzene rings is 1. The van der Waals surface area contributed by atoms with E-state index in [2.05, 4.69) is 41.9 Å². The molecule has 2 fully saturated rings. The van der Waals surface area contributed by atoms with E-state index >= 15 is 0 Å². The lowest BCUT2D eigenvalue weighted by Gasteiger charge is -2.51. The maximum atomic E-state index is 12.2. The minimum atomic E-state index is -6.13.